The van der Waals surface area contributed by atoms with E-state index in [1.165, 1.54) is 0 Å². The van der Waals surface area contributed by atoms with E-state index in [4.69, 9.17) is 0 Å². The van der Waals surface area contributed by atoms with Crippen LogP contribution in [0.15, 0.2) is 36.4 Å². The summed E-state index contributed by atoms with van der Waals surface area (Å²) in [5.41, 5.74) is 3.14. The maximum Gasteiger partial charge on any atom is 0.0314 e. The molecule has 1 aromatic carbocycles. The maximum absolute atomic E-state index is 3.84. The smallest absolute Gasteiger partial charge is 0.0314 e. The van der Waals surface area contributed by atoms with Gasteiger partial charge in [0.15, 0.2) is 0 Å². The first-order valence-corrected chi connectivity index (χ1v) is 7.67. The number of hydrogen-bond acceptors (Lipinski definition) is 0. The molecule has 1 saturated carbocycles. The van der Waals surface area contributed by atoms with Crippen molar-refractivity contribution < 1.29 is 0 Å². The summed E-state index contributed by atoms with van der Waals surface area (Å²) < 4.78 is 0. The topological polar surface area (TPSA) is 0 Å². The molecule has 1 aromatic rings. The second-order valence-electron chi connectivity index (χ2n) is 5.11. The van der Waals surface area contributed by atoms with E-state index in [0.717, 1.165) is 11.8 Å². The van der Waals surface area contributed by atoms with Gasteiger partial charge in [0.2, 0.25) is 0 Å². The van der Waals surface area contributed by atoms with Gasteiger partial charge in [0, 0.05) is 21.5 Å². The third kappa shape index (κ3) is 1.01. The van der Waals surface area contributed by atoms with Crippen LogP contribution in [-0.4, -0.2) is 9.65 Å². The van der Waals surface area contributed by atoms with Crippen LogP contribution in [0.25, 0.3) is 0 Å². The largest absolute Gasteiger partial charge is 0.0875 e. The molecular formula is C14H12Br2. The zero-order chi connectivity index (χ0) is 10.9. The van der Waals surface area contributed by atoms with Gasteiger partial charge >= 0.3 is 0 Å². The summed E-state index contributed by atoms with van der Waals surface area (Å²) in [6.45, 7) is 0. The summed E-state index contributed by atoms with van der Waals surface area (Å²) in [4.78, 5) is 1.28. The first-order chi connectivity index (χ1) is 7.79. The van der Waals surface area contributed by atoms with Crippen molar-refractivity contribution in [1.29, 1.82) is 0 Å². The van der Waals surface area contributed by atoms with E-state index < -0.39 is 0 Å². The minimum Gasteiger partial charge on any atom is -0.0875 e. The van der Waals surface area contributed by atoms with E-state index in [1.54, 1.807) is 11.1 Å². The number of rotatable bonds is 0. The van der Waals surface area contributed by atoms with Gasteiger partial charge in [-0.15, -0.1) is 0 Å². The summed E-state index contributed by atoms with van der Waals surface area (Å²) in [5.74, 6) is 2.89. The summed E-state index contributed by atoms with van der Waals surface area (Å²) in [5, 5.41) is 0. The van der Waals surface area contributed by atoms with Crippen LogP contribution in [-0.2, 0) is 0 Å². The molecule has 0 heterocycles. The van der Waals surface area contributed by atoms with Gasteiger partial charge in [0.1, 0.15) is 0 Å². The Morgan fingerprint density at radius 1 is 0.750 bits per heavy atom. The number of alkyl halides is 2. The third-order valence-electron chi connectivity index (χ3n) is 4.55. The zero-order valence-corrected chi connectivity index (χ0v) is 11.9. The standard InChI is InChI=1S/C14H12Br2/c15-13-11-9-5-6-10(12(11)14(13)16)8-4-2-1-3-7(8)9/h1-6,9-14H/t9-,10+,11-,12+,13-,14-/m1/s1. The number of halogens is 2. The highest BCUT2D eigenvalue weighted by molar-refractivity contribution is 9.12. The lowest BCUT2D eigenvalue weighted by Crippen LogP contribution is -2.57. The Morgan fingerprint density at radius 2 is 1.19 bits per heavy atom. The zero-order valence-electron chi connectivity index (χ0n) is 8.68. The first kappa shape index (κ1) is 9.90. The second-order valence-corrected chi connectivity index (χ2v) is 7.22. The first-order valence-electron chi connectivity index (χ1n) is 5.84. The molecule has 4 aliphatic rings. The molecule has 0 nitrogen and oxygen atoms in total. The van der Waals surface area contributed by atoms with E-state index in [9.17, 15) is 0 Å². The van der Waals surface area contributed by atoms with Crippen LogP contribution in [0.1, 0.15) is 23.0 Å². The van der Waals surface area contributed by atoms with Gasteiger partial charge in [-0.3, -0.25) is 0 Å². The van der Waals surface area contributed by atoms with Gasteiger partial charge in [-0.25, -0.2) is 0 Å². The summed E-state index contributed by atoms with van der Waals surface area (Å²) in [6, 6.07) is 8.98. The highest BCUT2D eigenvalue weighted by Crippen LogP contribution is 2.63. The Kier molecular flexibility index (Phi) is 2.00. The minimum absolute atomic E-state index is 0.642. The average Bonchev–Trinajstić information content (AvgIpc) is 2.37. The Labute approximate surface area is 112 Å². The molecule has 82 valence electrons. The van der Waals surface area contributed by atoms with Crippen LogP contribution in [0.3, 0.4) is 0 Å². The lowest BCUT2D eigenvalue weighted by molar-refractivity contribution is 0.144. The molecule has 0 aromatic heterocycles. The Morgan fingerprint density at radius 3 is 1.62 bits per heavy atom. The molecule has 0 radical (unpaired) electrons. The maximum atomic E-state index is 3.84. The van der Waals surface area contributed by atoms with Crippen molar-refractivity contribution in [1.82, 2.24) is 0 Å². The van der Waals surface area contributed by atoms with E-state index in [1.807, 2.05) is 0 Å². The summed E-state index contributed by atoms with van der Waals surface area (Å²) in [6.07, 6.45) is 4.86. The highest BCUT2D eigenvalue weighted by atomic mass is 79.9. The molecule has 0 aliphatic heterocycles. The van der Waals surface area contributed by atoms with Crippen LogP contribution >= 0.6 is 31.9 Å². The van der Waals surface area contributed by atoms with Crippen molar-refractivity contribution in [2.45, 2.75) is 21.5 Å². The number of benzene rings is 1. The molecule has 2 bridgehead atoms. The molecule has 0 amide bonds. The van der Waals surface area contributed by atoms with Crippen molar-refractivity contribution in [3.05, 3.63) is 47.5 Å². The molecule has 4 aliphatic carbocycles. The van der Waals surface area contributed by atoms with Crippen LogP contribution < -0.4 is 0 Å². The normalized spacial score (nSPS) is 47.1. The molecule has 0 saturated heterocycles. The van der Waals surface area contributed by atoms with E-state index >= 15 is 0 Å². The van der Waals surface area contributed by atoms with Crippen LogP contribution in [0.5, 0.6) is 0 Å². The molecule has 0 N–H and O–H groups in total. The van der Waals surface area contributed by atoms with Gasteiger partial charge in [-0.2, -0.15) is 0 Å². The monoisotopic (exact) mass is 338 g/mol. The van der Waals surface area contributed by atoms with E-state index in [0.29, 0.717) is 21.5 Å². The molecule has 0 unspecified atom stereocenters. The third-order valence-corrected chi connectivity index (χ3v) is 7.62. The number of hydrogen-bond donors (Lipinski definition) is 0. The molecule has 0 spiro atoms. The molecule has 1 fully saturated rings. The van der Waals surface area contributed by atoms with Crippen molar-refractivity contribution in [3.8, 4) is 0 Å². The molecule has 16 heavy (non-hydrogen) atoms. The summed E-state index contributed by atoms with van der Waals surface area (Å²) >= 11 is 7.68. The SMILES string of the molecule is Br[C@H]1[C@H](Br)[C@H]2[C@@H]1[C@H]1C=C[C@@H]2c2ccccc21. The summed E-state index contributed by atoms with van der Waals surface area (Å²) in [7, 11) is 0. The van der Waals surface area contributed by atoms with Crippen LogP contribution in [0.4, 0.5) is 0 Å². The Bertz CT molecular complexity index is 436. The molecule has 2 heteroatoms. The average molecular weight is 340 g/mol. The predicted molar refractivity (Wildman–Crippen MR) is 73.5 cm³/mol. The van der Waals surface area contributed by atoms with Gasteiger partial charge in [-0.05, 0) is 23.0 Å². The number of allylic oxidation sites excluding steroid dienone is 2. The Hall–Kier alpha value is -0.0800. The van der Waals surface area contributed by atoms with Gasteiger partial charge < -0.3 is 0 Å². The van der Waals surface area contributed by atoms with Crippen molar-refractivity contribution in [3.63, 3.8) is 0 Å². The molecule has 6 atom stereocenters. The van der Waals surface area contributed by atoms with Gasteiger partial charge in [-0.1, -0.05) is 68.3 Å². The van der Waals surface area contributed by atoms with Crippen molar-refractivity contribution >= 4 is 31.9 Å². The fourth-order valence-corrected chi connectivity index (χ4v) is 5.88. The fourth-order valence-electron chi connectivity index (χ4n) is 3.81. The lowest BCUT2D eigenvalue weighted by atomic mass is 9.51. The van der Waals surface area contributed by atoms with Crippen molar-refractivity contribution in [2.75, 3.05) is 0 Å². The fraction of sp³-hybridized carbons (Fsp3) is 0.429. The van der Waals surface area contributed by atoms with E-state index in [2.05, 4.69) is 68.3 Å². The quantitative estimate of drug-likeness (QED) is 0.490. The molecule has 5 rings (SSSR count). The van der Waals surface area contributed by atoms with Crippen LogP contribution in [0, 0.1) is 11.8 Å². The highest BCUT2D eigenvalue weighted by Gasteiger charge is 2.58. The van der Waals surface area contributed by atoms with Gasteiger partial charge in [0.05, 0.1) is 0 Å². The minimum atomic E-state index is 0.642. The Balaban J connectivity index is 1.90. The van der Waals surface area contributed by atoms with Gasteiger partial charge in [0.25, 0.3) is 0 Å². The predicted octanol–water partition coefficient (Wildman–Crippen LogP) is 4.21. The van der Waals surface area contributed by atoms with Crippen LogP contribution in [0.2, 0.25) is 0 Å². The second kappa shape index (κ2) is 3.23. The van der Waals surface area contributed by atoms with E-state index in [-0.39, 0.29) is 0 Å². The van der Waals surface area contributed by atoms with Crippen molar-refractivity contribution in [2.24, 2.45) is 11.8 Å². The molecular weight excluding hydrogens is 328 g/mol. The lowest BCUT2D eigenvalue weighted by Gasteiger charge is -2.58.